The van der Waals surface area contributed by atoms with Gasteiger partial charge in [0.05, 0.1) is 18.8 Å². The second kappa shape index (κ2) is 7.83. The van der Waals surface area contributed by atoms with Gasteiger partial charge in [0.2, 0.25) is 0 Å². The van der Waals surface area contributed by atoms with Gasteiger partial charge in [-0.2, -0.15) is 0 Å². The van der Waals surface area contributed by atoms with Crippen LogP contribution in [0.2, 0.25) is 0 Å². The molecule has 0 amide bonds. The number of nitro benzene ring substituents is 1. The van der Waals surface area contributed by atoms with Crippen molar-refractivity contribution in [1.29, 1.82) is 0 Å². The van der Waals surface area contributed by atoms with Crippen LogP contribution in [0.1, 0.15) is 0 Å². The van der Waals surface area contributed by atoms with Crippen molar-refractivity contribution in [3.8, 4) is 0 Å². The first-order chi connectivity index (χ1) is 8.74. The molecule has 2 unspecified atom stereocenters. The standard InChI is InChI=1S/C12H13N3O3.U.V/c16-15(17)10-3-1-9(2-4-10)14-7-11-12(8-14)18-6-5-13-11;;/h3-4,11-13H,5-8H2;;/q-2;;. The molecule has 2 atom stereocenters. The fraction of sp³-hybridized carbons (Fsp3) is 0.500. The van der Waals surface area contributed by atoms with E-state index in [2.05, 4.69) is 22.3 Å². The number of morpholine rings is 1. The molecule has 0 aliphatic carbocycles. The third-order valence-corrected chi connectivity index (χ3v) is 3.35. The Labute approximate surface area is 153 Å². The van der Waals surface area contributed by atoms with Crippen LogP contribution in [0.4, 0.5) is 11.4 Å². The summed E-state index contributed by atoms with van der Waals surface area (Å²) in [7, 11) is 0. The van der Waals surface area contributed by atoms with Crippen molar-refractivity contribution >= 4 is 11.4 Å². The number of rotatable bonds is 2. The first-order valence-corrected chi connectivity index (χ1v) is 5.92. The van der Waals surface area contributed by atoms with E-state index in [0.717, 1.165) is 31.9 Å². The number of fused-ring (bicyclic) bond motifs is 1. The van der Waals surface area contributed by atoms with Gasteiger partial charge in [0.25, 0.3) is 0 Å². The van der Waals surface area contributed by atoms with Gasteiger partial charge in [-0.25, -0.2) is 17.8 Å². The average molecular weight is 536 g/mol. The van der Waals surface area contributed by atoms with Crippen LogP contribution in [0, 0.1) is 53.4 Å². The van der Waals surface area contributed by atoms with Gasteiger partial charge in [0, 0.05) is 75.0 Å². The van der Waals surface area contributed by atoms with E-state index in [4.69, 9.17) is 4.74 Å². The molecule has 2 aliphatic heterocycles. The van der Waals surface area contributed by atoms with Gasteiger partial charge in [-0.3, -0.25) is 10.1 Å². The zero-order valence-electron chi connectivity index (χ0n) is 10.7. The van der Waals surface area contributed by atoms with Crippen LogP contribution in [-0.2, 0) is 23.3 Å². The van der Waals surface area contributed by atoms with Crippen LogP contribution in [0.15, 0.2) is 12.1 Å². The monoisotopic (exact) mass is 536 g/mol. The van der Waals surface area contributed by atoms with Crippen molar-refractivity contribution in [3.63, 3.8) is 0 Å². The molecule has 1 radical (unpaired) electrons. The molecule has 0 bridgehead atoms. The number of hydrogen-bond acceptors (Lipinski definition) is 5. The molecule has 0 spiro atoms. The zero-order chi connectivity index (χ0) is 12.5. The van der Waals surface area contributed by atoms with Crippen LogP contribution < -0.4 is 10.2 Å². The summed E-state index contributed by atoms with van der Waals surface area (Å²) in [6.07, 6.45) is 0.191. The number of hydrogen-bond donors (Lipinski definition) is 1. The van der Waals surface area contributed by atoms with E-state index in [1.165, 1.54) is 12.1 Å². The number of nitrogens with zero attached hydrogens (tertiary/aromatic N) is 2. The molecule has 2 aliphatic rings. The van der Waals surface area contributed by atoms with Crippen molar-refractivity contribution < 1.29 is 59.3 Å². The number of nitrogens with one attached hydrogen (secondary N) is 1. The predicted octanol–water partition coefficient (Wildman–Crippen LogP) is 0.370. The Morgan fingerprint density at radius 1 is 1.40 bits per heavy atom. The molecule has 8 heteroatoms. The summed E-state index contributed by atoms with van der Waals surface area (Å²) >= 11 is 0. The Kier molecular flexibility index (Phi) is 7.06. The SMILES string of the molecule is O=[N+]([O-])c1c[c-]c(N2CC3NCCOC3C2)[c-]c1.[U].[V]. The molecule has 105 valence electrons. The van der Waals surface area contributed by atoms with E-state index in [9.17, 15) is 10.1 Å². The van der Waals surface area contributed by atoms with Crippen molar-refractivity contribution in [2.45, 2.75) is 12.1 Å². The van der Waals surface area contributed by atoms with E-state index >= 15 is 0 Å². The average Bonchev–Trinajstić information content (AvgIpc) is 2.82. The molecule has 1 N–H and O–H groups in total. The van der Waals surface area contributed by atoms with E-state index in [0.29, 0.717) is 6.04 Å². The Hall–Kier alpha value is -0.0236. The maximum Gasteiger partial charge on any atom is 0.0918 e. The van der Waals surface area contributed by atoms with Gasteiger partial charge in [-0.1, -0.05) is 4.92 Å². The van der Waals surface area contributed by atoms with Crippen LogP contribution in [0.5, 0.6) is 0 Å². The van der Waals surface area contributed by atoms with Crippen molar-refractivity contribution in [2.75, 3.05) is 31.1 Å². The molecular weight excluding hydrogens is 523 g/mol. The molecule has 2 saturated heterocycles. The zero-order valence-corrected chi connectivity index (χ0v) is 16.3. The minimum atomic E-state index is -0.439. The Balaban J connectivity index is 0.000001000. The topological polar surface area (TPSA) is 67.6 Å². The normalized spacial score (nSPS) is 24.3. The van der Waals surface area contributed by atoms with E-state index < -0.39 is 4.92 Å². The third kappa shape index (κ3) is 3.79. The van der Waals surface area contributed by atoms with Gasteiger partial charge in [-0.15, -0.1) is 0 Å². The minimum absolute atomic E-state index is 0. The summed E-state index contributed by atoms with van der Waals surface area (Å²) in [5.74, 6) is 0. The Morgan fingerprint density at radius 2 is 2.10 bits per heavy atom. The number of nitro groups is 1. The largest absolute Gasteiger partial charge is 0.413 e. The summed E-state index contributed by atoms with van der Waals surface area (Å²) < 4.78 is 5.68. The smallest absolute Gasteiger partial charge is 0.0918 e. The summed E-state index contributed by atoms with van der Waals surface area (Å²) in [4.78, 5) is 12.2. The molecule has 0 aromatic heterocycles. The molecule has 2 heterocycles. The summed E-state index contributed by atoms with van der Waals surface area (Å²) in [6, 6.07) is 8.94. The molecule has 6 nitrogen and oxygen atoms in total. The Morgan fingerprint density at radius 3 is 2.70 bits per heavy atom. The molecule has 0 saturated carbocycles. The fourth-order valence-electron chi connectivity index (χ4n) is 2.43. The van der Waals surface area contributed by atoms with Crippen molar-refractivity contribution in [2.24, 2.45) is 0 Å². The van der Waals surface area contributed by atoms with E-state index in [-0.39, 0.29) is 61.5 Å². The van der Waals surface area contributed by atoms with Crippen LogP contribution in [0.25, 0.3) is 0 Å². The van der Waals surface area contributed by atoms with Crippen LogP contribution in [0.3, 0.4) is 0 Å². The molecule has 1 aromatic rings. The first-order valence-electron chi connectivity index (χ1n) is 5.92. The molecule has 1 aromatic carbocycles. The predicted molar refractivity (Wildman–Crippen MR) is 64.5 cm³/mol. The number of ether oxygens (including phenoxy) is 1. The van der Waals surface area contributed by atoms with Crippen LogP contribution >= 0.6 is 0 Å². The van der Waals surface area contributed by atoms with Gasteiger partial charge in [0.1, 0.15) is 0 Å². The van der Waals surface area contributed by atoms with Crippen molar-refractivity contribution in [3.05, 3.63) is 34.4 Å². The van der Waals surface area contributed by atoms with Gasteiger partial charge in [-0.05, 0) is 0 Å². The molecular formula is C12H13N3O3UV-2. The second-order valence-electron chi connectivity index (χ2n) is 4.48. The van der Waals surface area contributed by atoms with Crippen LogP contribution in [-0.4, -0.2) is 43.3 Å². The fourth-order valence-corrected chi connectivity index (χ4v) is 2.43. The first kappa shape index (κ1) is 18.0. The second-order valence-corrected chi connectivity index (χ2v) is 4.48. The summed E-state index contributed by atoms with van der Waals surface area (Å²) in [5.41, 5.74) is 0.783. The minimum Gasteiger partial charge on any atom is -0.413 e. The third-order valence-electron chi connectivity index (χ3n) is 3.35. The van der Waals surface area contributed by atoms with Gasteiger partial charge < -0.3 is 27.1 Å². The van der Waals surface area contributed by atoms with Gasteiger partial charge in [0.15, 0.2) is 0 Å². The Bertz CT molecular complexity index is 446. The van der Waals surface area contributed by atoms with Crippen molar-refractivity contribution in [1.82, 2.24) is 5.32 Å². The van der Waals surface area contributed by atoms with Gasteiger partial charge >= 0.3 is 0 Å². The molecule has 20 heavy (non-hydrogen) atoms. The maximum atomic E-state index is 10.6. The number of non-ortho nitro benzene ring substituents is 1. The van der Waals surface area contributed by atoms with E-state index in [1.54, 1.807) is 0 Å². The van der Waals surface area contributed by atoms with E-state index in [1.807, 2.05) is 0 Å². The molecule has 3 rings (SSSR count). The summed E-state index contributed by atoms with van der Waals surface area (Å²) in [5, 5.41) is 14.0. The quantitative estimate of drug-likeness (QED) is 0.337. The number of benzene rings is 1. The number of anilines is 1. The maximum absolute atomic E-state index is 10.6. The molecule has 2 fully saturated rings. The summed E-state index contributed by atoms with van der Waals surface area (Å²) in [6.45, 7) is 3.23.